The second-order valence-corrected chi connectivity index (χ2v) is 7.37. The largest absolute Gasteiger partial charge is 0.480 e. The van der Waals surface area contributed by atoms with Crippen molar-refractivity contribution in [2.45, 2.75) is 25.2 Å². The van der Waals surface area contributed by atoms with Gasteiger partial charge in [0.15, 0.2) is 6.16 Å². The molecule has 0 saturated carbocycles. The van der Waals surface area contributed by atoms with E-state index in [4.69, 9.17) is 5.11 Å². The van der Waals surface area contributed by atoms with Crippen LogP contribution in [-0.4, -0.2) is 45.6 Å². The molecule has 2 N–H and O–H groups in total. The van der Waals surface area contributed by atoms with E-state index >= 15 is 0 Å². The number of amides is 1. The third-order valence-electron chi connectivity index (χ3n) is 3.33. The predicted molar refractivity (Wildman–Crippen MR) is 85.9 cm³/mol. The molecule has 1 aromatic carbocycles. The molecule has 1 amide bonds. The van der Waals surface area contributed by atoms with Crippen LogP contribution >= 0.6 is 19.7 Å². The Morgan fingerprint density at radius 2 is 2.14 bits per heavy atom. The zero-order valence-electron chi connectivity index (χ0n) is 12.1. The van der Waals surface area contributed by atoms with Gasteiger partial charge in [0, 0.05) is 11.3 Å². The molecule has 1 fully saturated rings. The number of rotatable bonds is 6. The van der Waals surface area contributed by atoms with E-state index in [9.17, 15) is 14.2 Å². The van der Waals surface area contributed by atoms with E-state index in [0.717, 1.165) is 5.56 Å². The second kappa shape index (κ2) is 7.72. The number of carboxylic acid groups (broad SMARTS) is 1. The van der Waals surface area contributed by atoms with Gasteiger partial charge >= 0.3 is 13.9 Å². The van der Waals surface area contributed by atoms with Crippen LogP contribution in [-0.2, 0) is 20.3 Å². The number of thioether (sulfide) groups is 1. The minimum Gasteiger partial charge on any atom is -0.480 e. The predicted octanol–water partition coefficient (Wildman–Crippen LogP) is 1.89. The van der Waals surface area contributed by atoms with Gasteiger partial charge in [-0.25, -0.2) is 4.79 Å². The minimum atomic E-state index is -1.77. The molecule has 0 aliphatic carbocycles. The molecule has 1 heterocycles. The summed E-state index contributed by atoms with van der Waals surface area (Å²) >= 11 is 1.41. The maximum Gasteiger partial charge on any atom is 0.437 e. The van der Waals surface area contributed by atoms with Gasteiger partial charge in [0.05, 0.1) is 5.88 Å². The Morgan fingerprint density at radius 3 is 2.77 bits per heavy atom. The van der Waals surface area contributed by atoms with Crippen LogP contribution < -0.4 is 5.09 Å². The zero-order chi connectivity index (χ0) is 16.1. The van der Waals surface area contributed by atoms with Crippen LogP contribution in [0.5, 0.6) is 0 Å². The summed E-state index contributed by atoms with van der Waals surface area (Å²) in [7, 11) is -1.77. The number of carboxylic acids is 1. The first-order valence-electron chi connectivity index (χ1n) is 6.85. The third kappa shape index (κ3) is 4.29. The Balaban J connectivity index is 1.91. The quantitative estimate of drug-likeness (QED) is 0.769. The summed E-state index contributed by atoms with van der Waals surface area (Å²) in [5.41, 5.74) is 0.927. The van der Waals surface area contributed by atoms with Crippen molar-refractivity contribution in [1.82, 2.24) is 9.99 Å². The Hall–Kier alpha value is -1.43. The third-order valence-corrected chi connectivity index (χ3v) is 5.67. The summed E-state index contributed by atoms with van der Waals surface area (Å²) < 4.78 is 12.1. The molecular weight excluding hydrogens is 323 g/mol. The number of carbonyl (C=O) groups is 2. The van der Waals surface area contributed by atoms with Gasteiger partial charge in [0.1, 0.15) is 12.1 Å². The summed E-state index contributed by atoms with van der Waals surface area (Å²) in [5.74, 6) is -0.575. The van der Waals surface area contributed by atoms with E-state index in [2.05, 4.69) is 5.09 Å². The van der Waals surface area contributed by atoms with Crippen molar-refractivity contribution in [2.24, 2.45) is 0 Å². The van der Waals surface area contributed by atoms with Crippen molar-refractivity contribution >= 4 is 31.6 Å². The van der Waals surface area contributed by atoms with Crippen LogP contribution in [0.3, 0.4) is 0 Å². The second-order valence-electron chi connectivity index (χ2n) is 5.03. The number of nitrogens with zero attached hydrogens (tertiary/aromatic N) is 1. The van der Waals surface area contributed by atoms with Crippen molar-refractivity contribution < 1.29 is 19.3 Å². The molecule has 0 radical (unpaired) electrons. The molecule has 1 aromatic rings. The van der Waals surface area contributed by atoms with Gasteiger partial charge in [0.25, 0.3) is 0 Å². The maximum absolute atomic E-state index is 12.3. The first-order valence-corrected chi connectivity index (χ1v) is 9.45. The number of aliphatic carboxylic acids is 1. The van der Waals surface area contributed by atoms with Gasteiger partial charge in [0.2, 0.25) is 5.91 Å². The average molecular weight is 341 g/mol. The standard InChI is InChI=1S/C14H17N2O4PS/c1-10(13(17)16-9-22-8-12(16)14(18)19)15-21(20)7-11-5-3-2-4-6-11/h2-6,10,12H,7-9H2,1H3,(H-,15,18,19,20)/p+1/t10-,12?/m0/s1. The van der Waals surface area contributed by atoms with Crippen LogP contribution in [0.2, 0.25) is 0 Å². The van der Waals surface area contributed by atoms with Crippen molar-refractivity contribution in [2.75, 3.05) is 11.6 Å². The van der Waals surface area contributed by atoms with E-state index in [1.165, 1.54) is 16.7 Å². The topological polar surface area (TPSA) is 86.7 Å². The maximum atomic E-state index is 12.3. The van der Waals surface area contributed by atoms with E-state index in [1.54, 1.807) is 6.92 Å². The van der Waals surface area contributed by atoms with Gasteiger partial charge in [-0.2, -0.15) is 0 Å². The number of hydrogen-bond donors (Lipinski definition) is 2. The molecule has 3 atom stereocenters. The SMILES string of the molecule is C[C@H](N[P+](=O)Cc1ccccc1)C(=O)N1CSCC1C(=O)O. The van der Waals surface area contributed by atoms with Crippen LogP contribution in [0.25, 0.3) is 0 Å². The Morgan fingerprint density at radius 1 is 1.45 bits per heavy atom. The lowest BCUT2D eigenvalue weighted by Gasteiger charge is -2.22. The molecule has 0 aromatic heterocycles. The lowest BCUT2D eigenvalue weighted by Crippen LogP contribution is -2.48. The molecule has 118 valence electrons. The summed E-state index contributed by atoms with van der Waals surface area (Å²) in [6, 6.07) is 7.89. The van der Waals surface area contributed by atoms with Crippen LogP contribution in [0.4, 0.5) is 0 Å². The molecule has 0 bridgehead atoms. The van der Waals surface area contributed by atoms with Crippen molar-refractivity contribution in [1.29, 1.82) is 0 Å². The average Bonchev–Trinajstić information content (AvgIpc) is 2.96. The highest BCUT2D eigenvalue weighted by molar-refractivity contribution is 7.99. The van der Waals surface area contributed by atoms with Crippen molar-refractivity contribution in [3.05, 3.63) is 35.9 Å². The molecule has 1 saturated heterocycles. The summed E-state index contributed by atoms with van der Waals surface area (Å²) in [6.45, 7) is 1.61. The van der Waals surface area contributed by atoms with Gasteiger partial charge in [-0.3, -0.25) is 4.79 Å². The van der Waals surface area contributed by atoms with Crippen LogP contribution in [0, 0.1) is 0 Å². The summed E-state index contributed by atoms with van der Waals surface area (Å²) in [4.78, 5) is 24.8. The van der Waals surface area contributed by atoms with Crippen LogP contribution in [0.15, 0.2) is 30.3 Å². The molecule has 8 heteroatoms. The monoisotopic (exact) mass is 341 g/mol. The highest BCUT2D eigenvalue weighted by Gasteiger charge is 2.38. The Kier molecular flexibility index (Phi) is 5.94. The zero-order valence-corrected chi connectivity index (χ0v) is 13.8. The highest BCUT2D eigenvalue weighted by Crippen LogP contribution is 2.25. The summed E-state index contributed by atoms with van der Waals surface area (Å²) in [5, 5.41) is 11.9. The lowest BCUT2D eigenvalue weighted by molar-refractivity contribution is -0.148. The summed E-state index contributed by atoms with van der Waals surface area (Å²) in [6.07, 6.45) is 0.338. The van der Waals surface area contributed by atoms with Crippen LogP contribution in [0.1, 0.15) is 12.5 Å². The Labute approximate surface area is 134 Å². The first-order chi connectivity index (χ1) is 10.5. The molecule has 0 spiro atoms. The molecule has 2 rings (SSSR count). The molecule has 6 nitrogen and oxygen atoms in total. The fraction of sp³-hybridized carbons (Fsp3) is 0.429. The number of hydrogen-bond acceptors (Lipinski definition) is 4. The highest BCUT2D eigenvalue weighted by atomic mass is 32.2. The fourth-order valence-electron chi connectivity index (χ4n) is 2.18. The van der Waals surface area contributed by atoms with E-state index in [0.29, 0.717) is 17.8 Å². The van der Waals surface area contributed by atoms with E-state index < -0.39 is 26.0 Å². The van der Waals surface area contributed by atoms with Gasteiger partial charge in [-0.15, -0.1) is 11.8 Å². The van der Waals surface area contributed by atoms with Gasteiger partial charge in [-0.05, 0) is 11.5 Å². The number of carbonyl (C=O) groups excluding carboxylic acids is 1. The lowest BCUT2D eigenvalue weighted by atomic mass is 10.2. The first kappa shape index (κ1) is 16.9. The number of nitrogens with one attached hydrogen (secondary N) is 1. The van der Waals surface area contributed by atoms with Gasteiger partial charge in [-0.1, -0.05) is 35.4 Å². The smallest absolute Gasteiger partial charge is 0.437 e. The Bertz CT molecular complexity index is 569. The molecule has 1 aliphatic heterocycles. The molecule has 2 unspecified atom stereocenters. The van der Waals surface area contributed by atoms with E-state index in [1.807, 2.05) is 30.3 Å². The molecular formula is C14H18N2O4PS+. The molecule has 22 heavy (non-hydrogen) atoms. The van der Waals surface area contributed by atoms with Crippen molar-refractivity contribution in [3.63, 3.8) is 0 Å². The minimum absolute atomic E-state index is 0.325. The normalized spacial score (nSPS) is 19.8. The van der Waals surface area contributed by atoms with E-state index in [-0.39, 0.29) is 5.91 Å². The fourth-order valence-corrected chi connectivity index (χ4v) is 4.51. The van der Waals surface area contributed by atoms with Crippen molar-refractivity contribution in [3.8, 4) is 0 Å². The van der Waals surface area contributed by atoms with Gasteiger partial charge < -0.3 is 10.0 Å². The molecule has 1 aliphatic rings. The number of benzene rings is 1.